The zero-order chi connectivity index (χ0) is 23.8. The second-order valence-electron chi connectivity index (χ2n) is 8.79. The average Bonchev–Trinajstić information content (AvgIpc) is 3.35. The van der Waals surface area contributed by atoms with E-state index in [-0.39, 0.29) is 28.8 Å². The van der Waals surface area contributed by atoms with E-state index in [1.165, 1.54) is 17.1 Å². The molecule has 34 heavy (non-hydrogen) atoms. The molecule has 0 radical (unpaired) electrons. The summed E-state index contributed by atoms with van der Waals surface area (Å²) in [4.78, 5) is 40.0. The topological polar surface area (TPSA) is 81.8 Å². The molecule has 7 nitrogen and oxygen atoms in total. The summed E-state index contributed by atoms with van der Waals surface area (Å²) in [5, 5.41) is 3.69. The normalized spacial score (nSPS) is 21.9. The molecule has 2 atom stereocenters. The van der Waals surface area contributed by atoms with E-state index in [1.807, 2.05) is 12.2 Å². The van der Waals surface area contributed by atoms with Crippen molar-refractivity contribution in [3.63, 3.8) is 0 Å². The number of fused-ring (bicyclic) bond motifs is 1. The van der Waals surface area contributed by atoms with Gasteiger partial charge in [0.05, 0.1) is 17.5 Å². The van der Waals surface area contributed by atoms with E-state index in [2.05, 4.69) is 10.7 Å². The molecule has 176 valence electrons. The number of carbonyl (C=O) groups is 3. The molecule has 2 aromatic rings. The van der Waals surface area contributed by atoms with Gasteiger partial charge in [-0.3, -0.25) is 19.8 Å². The summed E-state index contributed by atoms with van der Waals surface area (Å²) >= 11 is 0. The molecule has 9 heteroatoms. The van der Waals surface area contributed by atoms with Crippen molar-refractivity contribution in [2.45, 2.75) is 25.7 Å². The van der Waals surface area contributed by atoms with Crippen molar-refractivity contribution in [3.05, 3.63) is 65.7 Å². The Hall–Kier alpha value is -3.75. The predicted molar refractivity (Wildman–Crippen MR) is 123 cm³/mol. The maximum atomic E-state index is 14.6. The van der Waals surface area contributed by atoms with Gasteiger partial charge in [0.2, 0.25) is 11.8 Å². The minimum atomic E-state index is -0.733. The van der Waals surface area contributed by atoms with Crippen LogP contribution in [0.2, 0.25) is 0 Å². The number of amides is 3. The van der Waals surface area contributed by atoms with Crippen molar-refractivity contribution >= 4 is 34.8 Å². The number of hydrogen-bond donors (Lipinski definition) is 2. The third-order valence-electron chi connectivity index (χ3n) is 6.59. The van der Waals surface area contributed by atoms with E-state index in [0.717, 1.165) is 25.0 Å². The maximum absolute atomic E-state index is 14.6. The fraction of sp³-hybridized carbons (Fsp3) is 0.320. The third-order valence-corrected chi connectivity index (χ3v) is 6.59. The Morgan fingerprint density at radius 1 is 0.971 bits per heavy atom. The number of hydrazine groups is 1. The minimum absolute atomic E-state index is 0.00691. The molecular weight excluding hydrogens is 442 g/mol. The fourth-order valence-electron chi connectivity index (χ4n) is 4.85. The Kier molecular flexibility index (Phi) is 5.77. The van der Waals surface area contributed by atoms with E-state index >= 15 is 0 Å². The zero-order valence-electron chi connectivity index (χ0n) is 18.4. The molecule has 2 saturated heterocycles. The lowest BCUT2D eigenvalue weighted by atomic mass is 9.80. The zero-order valence-corrected chi connectivity index (χ0v) is 18.4. The van der Waals surface area contributed by atoms with Gasteiger partial charge in [-0.05, 0) is 56.0 Å². The van der Waals surface area contributed by atoms with Crippen molar-refractivity contribution in [2.24, 2.45) is 11.8 Å². The molecule has 2 N–H and O–H groups in total. The van der Waals surface area contributed by atoms with Crippen molar-refractivity contribution < 1.29 is 23.2 Å². The summed E-state index contributed by atoms with van der Waals surface area (Å²) in [7, 11) is 0. The fourth-order valence-corrected chi connectivity index (χ4v) is 4.85. The summed E-state index contributed by atoms with van der Waals surface area (Å²) in [5.74, 6) is -3.39. The molecule has 2 heterocycles. The van der Waals surface area contributed by atoms with Crippen molar-refractivity contribution in [1.29, 1.82) is 0 Å². The standard InChI is InChI=1S/C25H24F2N4O3/c26-20-13-16(14-21(27)22(20)30-10-3-4-11-30)28-23(32)15-6-5-7-17(12-15)31-25(34)19-9-2-1-8-18(19)24(33)29-31/h1-2,5-7,12-14,18-19H,3-4,8-11H2,(H,28,32)(H,29,33). The van der Waals surface area contributed by atoms with Crippen LogP contribution in [0, 0.1) is 23.5 Å². The Bertz CT molecular complexity index is 1170. The van der Waals surface area contributed by atoms with Gasteiger partial charge in [-0.25, -0.2) is 13.8 Å². The van der Waals surface area contributed by atoms with Gasteiger partial charge in [0.25, 0.3) is 5.91 Å². The van der Waals surface area contributed by atoms with Gasteiger partial charge < -0.3 is 10.2 Å². The Balaban J connectivity index is 1.34. The molecule has 2 aliphatic heterocycles. The minimum Gasteiger partial charge on any atom is -0.367 e. The molecule has 1 aliphatic carbocycles. The molecule has 3 aliphatic rings. The number of nitrogens with one attached hydrogen (secondary N) is 2. The SMILES string of the molecule is O=C(Nc1cc(F)c(N2CCCC2)c(F)c1)c1cccc(N2NC(=O)C3CC=CCC3C2=O)c1. The van der Waals surface area contributed by atoms with Crippen LogP contribution in [0.25, 0.3) is 0 Å². The molecule has 0 saturated carbocycles. The van der Waals surface area contributed by atoms with Crippen molar-refractivity contribution in [1.82, 2.24) is 5.43 Å². The van der Waals surface area contributed by atoms with Crippen LogP contribution < -0.4 is 20.7 Å². The van der Waals surface area contributed by atoms with Crippen LogP contribution in [0.3, 0.4) is 0 Å². The van der Waals surface area contributed by atoms with Crippen LogP contribution in [0.4, 0.5) is 25.8 Å². The van der Waals surface area contributed by atoms with Crippen LogP contribution in [0.1, 0.15) is 36.0 Å². The van der Waals surface area contributed by atoms with Crippen LogP contribution in [0.5, 0.6) is 0 Å². The van der Waals surface area contributed by atoms with Gasteiger partial charge in [0.15, 0.2) is 11.6 Å². The van der Waals surface area contributed by atoms with E-state index in [1.54, 1.807) is 17.0 Å². The highest BCUT2D eigenvalue weighted by Gasteiger charge is 2.42. The molecular formula is C25H24F2N4O3. The predicted octanol–water partition coefficient (Wildman–Crippen LogP) is 3.78. The largest absolute Gasteiger partial charge is 0.367 e. The third kappa shape index (κ3) is 4.02. The second kappa shape index (κ2) is 8.89. The lowest BCUT2D eigenvalue weighted by Gasteiger charge is -2.38. The van der Waals surface area contributed by atoms with E-state index in [4.69, 9.17) is 0 Å². The first-order valence-corrected chi connectivity index (χ1v) is 11.4. The number of allylic oxidation sites excluding steroid dienone is 2. The van der Waals surface area contributed by atoms with Gasteiger partial charge in [0, 0.05) is 24.3 Å². The summed E-state index contributed by atoms with van der Waals surface area (Å²) in [5.41, 5.74) is 3.05. The lowest BCUT2D eigenvalue weighted by molar-refractivity contribution is -0.139. The highest BCUT2D eigenvalue weighted by molar-refractivity contribution is 6.07. The molecule has 0 spiro atoms. The highest BCUT2D eigenvalue weighted by Crippen LogP contribution is 2.33. The van der Waals surface area contributed by atoms with Crippen LogP contribution in [-0.4, -0.2) is 30.8 Å². The van der Waals surface area contributed by atoms with Gasteiger partial charge in [0.1, 0.15) is 5.69 Å². The van der Waals surface area contributed by atoms with Crippen LogP contribution in [0.15, 0.2) is 48.6 Å². The molecule has 2 unspecified atom stereocenters. The Labute approximate surface area is 195 Å². The van der Waals surface area contributed by atoms with Gasteiger partial charge in [-0.2, -0.15) is 0 Å². The molecule has 0 bridgehead atoms. The smallest absolute Gasteiger partial charge is 0.255 e. The lowest BCUT2D eigenvalue weighted by Crippen LogP contribution is -2.59. The quantitative estimate of drug-likeness (QED) is 0.672. The number of rotatable bonds is 4. The monoisotopic (exact) mass is 466 g/mol. The number of hydrogen-bond acceptors (Lipinski definition) is 4. The first kappa shape index (κ1) is 22.1. The molecule has 2 aromatic carbocycles. The summed E-state index contributed by atoms with van der Waals surface area (Å²) < 4.78 is 29.2. The second-order valence-corrected chi connectivity index (χ2v) is 8.79. The molecule has 3 amide bonds. The Morgan fingerprint density at radius 3 is 2.35 bits per heavy atom. The first-order valence-electron chi connectivity index (χ1n) is 11.4. The summed E-state index contributed by atoms with van der Waals surface area (Å²) in [6, 6.07) is 8.36. The number of halogens is 2. The average molecular weight is 466 g/mol. The van der Waals surface area contributed by atoms with Crippen molar-refractivity contribution in [3.8, 4) is 0 Å². The summed E-state index contributed by atoms with van der Waals surface area (Å²) in [6.45, 7) is 1.19. The highest BCUT2D eigenvalue weighted by atomic mass is 19.1. The Morgan fingerprint density at radius 2 is 1.65 bits per heavy atom. The molecule has 0 aromatic heterocycles. The number of anilines is 3. The van der Waals surface area contributed by atoms with Gasteiger partial charge in [-0.1, -0.05) is 18.2 Å². The molecule has 5 rings (SSSR count). The van der Waals surface area contributed by atoms with Crippen LogP contribution >= 0.6 is 0 Å². The van der Waals surface area contributed by atoms with E-state index < -0.39 is 29.4 Å². The van der Waals surface area contributed by atoms with Crippen LogP contribution in [-0.2, 0) is 9.59 Å². The maximum Gasteiger partial charge on any atom is 0.255 e. The van der Waals surface area contributed by atoms with Gasteiger partial charge in [-0.15, -0.1) is 0 Å². The van der Waals surface area contributed by atoms with E-state index in [0.29, 0.717) is 31.6 Å². The first-order chi connectivity index (χ1) is 16.4. The van der Waals surface area contributed by atoms with E-state index in [9.17, 15) is 23.2 Å². The van der Waals surface area contributed by atoms with Crippen molar-refractivity contribution in [2.75, 3.05) is 28.3 Å². The number of benzene rings is 2. The molecule has 2 fully saturated rings. The number of nitrogens with zero attached hydrogens (tertiary/aromatic N) is 2. The number of carbonyl (C=O) groups excluding carboxylic acids is 3. The summed E-state index contributed by atoms with van der Waals surface area (Å²) in [6.07, 6.45) is 6.56. The van der Waals surface area contributed by atoms with Gasteiger partial charge >= 0.3 is 0 Å².